The van der Waals surface area contributed by atoms with Gasteiger partial charge in [-0.25, -0.2) is 4.79 Å². The van der Waals surface area contributed by atoms with E-state index in [1.165, 1.54) is 7.11 Å². The molecule has 0 amide bonds. The van der Waals surface area contributed by atoms with E-state index in [-0.39, 0.29) is 12.6 Å². The molecule has 0 spiro atoms. The third-order valence-electron chi connectivity index (χ3n) is 3.11. The Balaban J connectivity index is 2.22. The number of esters is 1. The summed E-state index contributed by atoms with van der Waals surface area (Å²) in [6.07, 6.45) is 1.57. The number of benzene rings is 1. The highest BCUT2D eigenvalue weighted by molar-refractivity contribution is 5.71. The van der Waals surface area contributed by atoms with Gasteiger partial charge in [-0.15, -0.1) is 0 Å². The van der Waals surface area contributed by atoms with Crippen molar-refractivity contribution in [2.75, 3.05) is 20.3 Å². The van der Waals surface area contributed by atoms with E-state index in [1.54, 1.807) is 0 Å². The van der Waals surface area contributed by atoms with Crippen LogP contribution in [-0.4, -0.2) is 32.3 Å². The largest absolute Gasteiger partial charge is 0.494 e. The minimum Gasteiger partial charge on any atom is -0.494 e. The quantitative estimate of drug-likeness (QED) is 0.806. The molecule has 0 radical (unpaired) electrons. The first-order valence-corrected chi connectivity index (χ1v) is 6.37. The summed E-state index contributed by atoms with van der Waals surface area (Å²) in [4.78, 5) is 11.2. The summed E-state index contributed by atoms with van der Waals surface area (Å²) in [7, 11) is 1.34. The lowest BCUT2D eigenvalue weighted by Crippen LogP contribution is -2.19. The van der Waals surface area contributed by atoms with Crippen molar-refractivity contribution in [2.45, 2.75) is 25.8 Å². The van der Waals surface area contributed by atoms with Crippen molar-refractivity contribution >= 4 is 5.97 Å². The number of hydrogen-bond donors (Lipinski definition) is 1. The van der Waals surface area contributed by atoms with Crippen molar-refractivity contribution in [1.82, 2.24) is 0 Å². The van der Waals surface area contributed by atoms with Crippen LogP contribution in [0.1, 0.15) is 18.1 Å². The van der Waals surface area contributed by atoms with Crippen LogP contribution in [0, 0.1) is 0 Å². The van der Waals surface area contributed by atoms with Crippen molar-refractivity contribution in [1.29, 1.82) is 0 Å². The van der Waals surface area contributed by atoms with E-state index in [4.69, 9.17) is 15.2 Å². The van der Waals surface area contributed by atoms with Crippen LogP contribution in [0.2, 0.25) is 0 Å². The molecule has 2 rings (SSSR count). The van der Waals surface area contributed by atoms with Gasteiger partial charge >= 0.3 is 5.97 Å². The number of carbonyl (C=O) groups is 1. The molecule has 1 unspecified atom stereocenters. The summed E-state index contributed by atoms with van der Waals surface area (Å²) >= 11 is 0. The number of rotatable bonds is 5. The molecule has 1 aromatic carbocycles. The van der Waals surface area contributed by atoms with Crippen molar-refractivity contribution in [3.8, 4) is 11.5 Å². The maximum absolute atomic E-state index is 11.2. The summed E-state index contributed by atoms with van der Waals surface area (Å²) in [6, 6.07) is 3.91. The normalized spacial score (nSPS) is 16.9. The summed E-state index contributed by atoms with van der Waals surface area (Å²) in [5, 5.41) is 0. The van der Waals surface area contributed by atoms with Crippen LogP contribution in [0.5, 0.6) is 11.5 Å². The van der Waals surface area contributed by atoms with Crippen molar-refractivity contribution in [2.24, 2.45) is 5.73 Å². The number of ether oxygens (including phenoxy) is 3. The SMILES string of the molecule is CCOc1cc2c(c(OCC(=O)OC)c1)CC(N)C2. The zero-order valence-corrected chi connectivity index (χ0v) is 11.3. The Labute approximate surface area is 112 Å². The maximum Gasteiger partial charge on any atom is 0.343 e. The average molecular weight is 265 g/mol. The Kier molecular flexibility index (Phi) is 4.27. The zero-order valence-electron chi connectivity index (χ0n) is 11.3. The summed E-state index contributed by atoms with van der Waals surface area (Å²) < 4.78 is 15.6. The van der Waals surface area contributed by atoms with E-state index in [0.717, 1.165) is 29.7 Å². The highest BCUT2D eigenvalue weighted by Crippen LogP contribution is 2.34. The molecule has 104 valence electrons. The highest BCUT2D eigenvalue weighted by Gasteiger charge is 2.23. The minimum absolute atomic E-state index is 0.103. The first-order valence-electron chi connectivity index (χ1n) is 6.37. The van der Waals surface area contributed by atoms with Gasteiger partial charge in [0.15, 0.2) is 6.61 Å². The third kappa shape index (κ3) is 3.17. The lowest BCUT2D eigenvalue weighted by Gasteiger charge is -2.12. The molecule has 1 atom stereocenters. The minimum atomic E-state index is -0.405. The molecule has 5 heteroatoms. The predicted molar refractivity (Wildman–Crippen MR) is 70.5 cm³/mol. The van der Waals surface area contributed by atoms with E-state index in [1.807, 2.05) is 19.1 Å². The van der Waals surface area contributed by atoms with Crippen LogP contribution < -0.4 is 15.2 Å². The van der Waals surface area contributed by atoms with Crippen molar-refractivity contribution in [3.63, 3.8) is 0 Å². The summed E-state index contributed by atoms with van der Waals surface area (Å²) in [6.45, 7) is 2.41. The molecule has 0 fully saturated rings. The van der Waals surface area contributed by atoms with E-state index >= 15 is 0 Å². The second-order valence-corrected chi connectivity index (χ2v) is 4.53. The second-order valence-electron chi connectivity index (χ2n) is 4.53. The summed E-state index contributed by atoms with van der Waals surface area (Å²) in [5.41, 5.74) is 8.18. The van der Waals surface area contributed by atoms with E-state index in [9.17, 15) is 4.79 Å². The first-order chi connectivity index (χ1) is 9.13. The van der Waals surface area contributed by atoms with Gasteiger partial charge in [0, 0.05) is 12.1 Å². The van der Waals surface area contributed by atoms with Crippen LogP contribution in [0.4, 0.5) is 0 Å². The molecule has 0 saturated heterocycles. The van der Waals surface area contributed by atoms with Gasteiger partial charge in [-0.05, 0) is 37.0 Å². The topological polar surface area (TPSA) is 70.8 Å². The van der Waals surface area contributed by atoms with Gasteiger partial charge in [-0.3, -0.25) is 0 Å². The molecule has 1 aromatic rings. The fourth-order valence-electron chi connectivity index (χ4n) is 2.28. The Morgan fingerprint density at radius 3 is 2.84 bits per heavy atom. The molecule has 5 nitrogen and oxygen atoms in total. The molecule has 0 heterocycles. The Bertz CT molecular complexity index is 473. The standard InChI is InChI=1S/C14H19NO4/c1-3-18-11-5-9-4-10(15)6-12(9)13(7-11)19-8-14(16)17-2/h5,7,10H,3-4,6,8,15H2,1-2H3. The third-order valence-corrected chi connectivity index (χ3v) is 3.11. The molecule has 2 N–H and O–H groups in total. The molecule has 0 saturated carbocycles. The number of fused-ring (bicyclic) bond motifs is 1. The Morgan fingerprint density at radius 1 is 1.37 bits per heavy atom. The van der Waals surface area contributed by atoms with Gasteiger partial charge in [0.2, 0.25) is 0 Å². The van der Waals surface area contributed by atoms with Gasteiger partial charge in [-0.2, -0.15) is 0 Å². The lowest BCUT2D eigenvalue weighted by molar-refractivity contribution is -0.142. The molecule has 0 aromatic heterocycles. The Hall–Kier alpha value is -1.75. The molecule has 0 aliphatic heterocycles. The smallest absolute Gasteiger partial charge is 0.343 e. The molecular formula is C14H19NO4. The van der Waals surface area contributed by atoms with Gasteiger partial charge < -0.3 is 19.9 Å². The predicted octanol–water partition coefficient (Wildman–Crippen LogP) is 1.06. The van der Waals surface area contributed by atoms with E-state index < -0.39 is 5.97 Å². The van der Waals surface area contributed by atoms with Gasteiger partial charge in [0.1, 0.15) is 11.5 Å². The summed E-state index contributed by atoms with van der Waals surface area (Å²) in [5.74, 6) is 1.01. The number of methoxy groups -OCH3 is 1. The second kappa shape index (κ2) is 5.93. The van der Waals surface area contributed by atoms with Gasteiger partial charge in [-0.1, -0.05) is 0 Å². The molecular weight excluding hydrogens is 246 g/mol. The number of nitrogens with two attached hydrogens (primary N) is 1. The van der Waals surface area contributed by atoms with Crippen molar-refractivity contribution < 1.29 is 19.0 Å². The zero-order chi connectivity index (χ0) is 13.8. The lowest BCUT2D eigenvalue weighted by atomic mass is 10.1. The van der Waals surface area contributed by atoms with Crippen LogP contribution in [0.15, 0.2) is 12.1 Å². The average Bonchev–Trinajstić information content (AvgIpc) is 2.76. The van der Waals surface area contributed by atoms with E-state index in [2.05, 4.69) is 4.74 Å². The number of hydrogen-bond acceptors (Lipinski definition) is 5. The van der Waals surface area contributed by atoms with Crippen LogP contribution in [-0.2, 0) is 22.4 Å². The van der Waals surface area contributed by atoms with Crippen LogP contribution >= 0.6 is 0 Å². The van der Waals surface area contributed by atoms with Crippen LogP contribution in [0.25, 0.3) is 0 Å². The monoisotopic (exact) mass is 265 g/mol. The highest BCUT2D eigenvalue weighted by atomic mass is 16.6. The number of carbonyl (C=O) groups excluding carboxylic acids is 1. The van der Waals surface area contributed by atoms with Crippen molar-refractivity contribution in [3.05, 3.63) is 23.3 Å². The Morgan fingerprint density at radius 2 is 2.16 bits per heavy atom. The fourth-order valence-corrected chi connectivity index (χ4v) is 2.28. The fraction of sp³-hybridized carbons (Fsp3) is 0.500. The molecule has 1 aliphatic rings. The molecule has 19 heavy (non-hydrogen) atoms. The molecule has 1 aliphatic carbocycles. The van der Waals surface area contributed by atoms with E-state index in [0.29, 0.717) is 12.4 Å². The first kappa shape index (κ1) is 13.7. The maximum atomic E-state index is 11.2. The molecule has 0 bridgehead atoms. The van der Waals surface area contributed by atoms with Gasteiger partial charge in [0.25, 0.3) is 0 Å². The van der Waals surface area contributed by atoms with Gasteiger partial charge in [0.05, 0.1) is 13.7 Å². The van der Waals surface area contributed by atoms with Crippen LogP contribution in [0.3, 0.4) is 0 Å².